The molecule has 1 saturated heterocycles. The molecule has 1 aliphatic heterocycles. The average molecular weight is 412 g/mol. The van der Waals surface area contributed by atoms with Gasteiger partial charge in [-0.25, -0.2) is 9.97 Å². The number of carbonyl (C=O) groups excluding carboxylic acids is 1. The van der Waals surface area contributed by atoms with E-state index in [9.17, 15) is 9.18 Å². The Morgan fingerprint density at radius 2 is 2.25 bits per heavy atom. The lowest BCUT2D eigenvalue weighted by Crippen LogP contribution is -2.17. The first kappa shape index (κ1) is 17.3. The summed E-state index contributed by atoms with van der Waals surface area (Å²) in [6.45, 7) is 0. The topological polar surface area (TPSA) is 84.2 Å². The molecule has 3 aromatic heterocycles. The monoisotopic (exact) mass is 412 g/mol. The maximum Gasteiger partial charge on any atom is 0.263 e. The molecule has 0 radical (unpaired) electrons. The second kappa shape index (κ2) is 6.64. The van der Waals surface area contributed by atoms with Crippen molar-refractivity contribution in [1.29, 1.82) is 0 Å². The van der Waals surface area contributed by atoms with Crippen LogP contribution in [0, 0.1) is 5.95 Å². The van der Waals surface area contributed by atoms with Crippen LogP contribution in [0.5, 0.6) is 0 Å². The van der Waals surface area contributed by atoms with Crippen LogP contribution < -0.4 is 10.6 Å². The Balaban J connectivity index is 1.66. The zero-order valence-corrected chi connectivity index (χ0v) is 16.0. The number of pyridine rings is 1. The molecule has 1 aliphatic carbocycles. The number of nitrogens with one attached hydrogen (secondary N) is 2. The molecular weight excluding hydrogens is 399 g/mol. The molecular formula is C18H13FN6OS2. The summed E-state index contributed by atoms with van der Waals surface area (Å²) in [5.41, 5.74) is 2.45. The summed E-state index contributed by atoms with van der Waals surface area (Å²) in [4.78, 5) is 20.8. The summed E-state index contributed by atoms with van der Waals surface area (Å²) >= 11 is 6.24. The Kier molecular flexibility index (Phi) is 4.09. The third-order valence-electron chi connectivity index (χ3n) is 4.38. The minimum Gasteiger partial charge on any atom is -0.367 e. The highest BCUT2D eigenvalue weighted by Gasteiger charge is 2.25. The summed E-state index contributed by atoms with van der Waals surface area (Å²) in [5, 5.41) is 10.5. The van der Waals surface area contributed by atoms with Crippen LogP contribution in [-0.4, -0.2) is 35.9 Å². The molecule has 2 aliphatic rings. The van der Waals surface area contributed by atoms with Crippen molar-refractivity contribution in [2.75, 3.05) is 5.32 Å². The Labute approximate surface area is 168 Å². The van der Waals surface area contributed by atoms with E-state index in [0.717, 1.165) is 18.7 Å². The molecule has 0 atom stereocenters. The van der Waals surface area contributed by atoms with Gasteiger partial charge in [0.2, 0.25) is 5.95 Å². The third-order valence-corrected chi connectivity index (χ3v) is 5.54. The zero-order valence-electron chi connectivity index (χ0n) is 14.3. The summed E-state index contributed by atoms with van der Waals surface area (Å²) in [6.07, 6.45) is 6.96. The molecule has 3 aromatic rings. The predicted octanol–water partition coefficient (Wildman–Crippen LogP) is 2.99. The van der Waals surface area contributed by atoms with Crippen LogP contribution in [0.3, 0.4) is 0 Å². The molecule has 1 saturated carbocycles. The molecule has 4 heterocycles. The Bertz CT molecular complexity index is 1170. The van der Waals surface area contributed by atoms with E-state index in [0.29, 0.717) is 37.7 Å². The molecule has 0 spiro atoms. The van der Waals surface area contributed by atoms with Crippen molar-refractivity contribution in [3.8, 4) is 11.3 Å². The highest BCUT2D eigenvalue weighted by Crippen LogP contribution is 2.31. The van der Waals surface area contributed by atoms with E-state index >= 15 is 0 Å². The van der Waals surface area contributed by atoms with Crippen LogP contribution in [0.1, 0.15) is 18.4 Å². The zero-order chi connectivity index (χ0) is 19.3. The summed E-state index contributed by atoms with van der Waals surface area (Å²) < 4.78 is 15.7. The standard InChI is InChI=1S/C18H13FN6OS2/c19-14-6-9(3-4-20-14)12-7-15(22-11-1-2-11)25-16(23-12)10(8-21-25)5-13-17(26)24-18(27)28-13/h3-8,11,22H,1-2H2,(H,24,26,27). The van der Waals surface area contributed by atoms with E-state index in [-0.39, 0.29) is 5.91 Å². The van der Waals surface area contributed by atoms with Crippen LogP contribution in [0.25, 0.3) is 23.0 Å². The predicted molar refractivity (Wildman–Crippen MR) is 109 cm³/mol. The Hall–Kier alpha value is -2.85. The number of nitrogens with zero attached hydrogens (tertiary/aromatic N) is 4. The van der Waals surface area contributed by atoms with Gasteiger partial charge in [0.15, 0.2) is 5.65 Å². The van der Waals surface area contributed by atoms with Gasteiger partial charge in [0.1, 0.15) is 10.1 Å². The summed E-state index contributed by atoms with van der Waals surface area (Å²) in [6, 6.07) is 5.28. The van der Waals surface area contributed by atoms with Crippen molar-refractivity contribution < 1.29 is 9.18 Å². The van der Waals surface area contributed by atoms with E-state index in [4.69, 9.17) is 12.2 Å². The summed E-state index contributed by atoms with van der Waals surface area (Å²) in [7, 11) is 0. The largest absolute Gasteiger partial charge is 0.367 e. The number of aromatic nitrogens is 4. The lowest BCUT2D eigenvalue weighted by Gasteiger charge is -2.10. The van der Waals surface area contributed by atoms with E-state index in [2.05, 4.69) is 25.7 Å². The third kappa shape index (κ3) is 3.25. The van der Waals surface area contributed by atoms with Gasteiger partial charge in [-0.3, -0.25) is 4.79 Å². The van der Waals surface area contributed by atoms with Gasteiger partial charge in [-0.1, -0.05) is 24.0 Å². The van der Waals surface area contributed by atoms with E-state index < -0.39 is 5.95 Å². The minimum absolute atomic E-state index is 0.238. The number of hydrogen-bond donors (Lipinski definition) is 2. The normalized spacial score (nSPS) is 18.1. The maximum absolute atomic E-state index is 13.6. The molecule has 5 rings (SSSR count). The van der Waals surface area contributed by atoms with Crippen molar-refractivity contribution in [3.63, 3.8) is 0 Å². The number of thioether (sulfide) groups is 1. The van der Waals surface area contributed by atoms with Crippen LogP contribution in [0.2, 0.25) is 0 Å². The first-order valence-corrected chi connectivity index (χ1v) is 9.81. The van der Waals surface area contributed by atoms with Crippen LogP contribution in [-0.2, 0) is 4.79 Å². The second-order valence-corrected chi connectivity index (χ2v) is 8.22. The first-order valence-electron chi connectivity index (χ1n) is 8.59. The molecule has 7 nitrogen and oxygen atoms in total. The number of thiocarbonyl (C=S) groups is 1. The SMILES string of the molecule is O=C1NC(=S)SC1=Cc1cnn2c(NC3CC3)cc(-c3ccnc(F)c3)nc12. The smallest absolute Gasteiger partial charge is 0.263 e. The van der Waals surface area contributed by atoms with E-state index in [1.807, 2.05) is 6.07 Å². The number of rotatable bonds is 4. The van der Waals surface area contributed by atoms with Crippen LogP contribution in [0.4, 0.5) is 10.2 Å². The lowest BCUT2D eigenvalue weighted by molar-refractivity contribution is -0.115. The van der Waals surface area contributed by atoms with Gasteiger partial charge in [0.05, 0.1) is 16.8 Å². The van der Waals surface area contributed by atoms with Crippen molar-refractivity contribution in [2.24, 2.45) is 0 Å². The van der Waals surface area contributed by atoms with Gasteiger partial charge < -0.3 is 10.6 Å². The van der Waals surface area contributed by atoms with Gasteiger partial charge in [-0.15, -0.1) is 0 Å². The molecule has 0 bridgehead atoms. The van der Waals surface area contributed by atoms with Gasteiger partial charge in [-0.05, 0) is 25.0 Å². The fraction of sp³-hybridized carbons (Fsp3) is 0.167. The fourth-order valence-electron chi connectivity index (χ4n) is 2.89. The highest BCUT2D eigenvalue weighted by molar-refractivity contribution is 8.26. The number of hydrogen-bond acceptors (Lipinski definition) is 7. The van der Waals surface area contributed by atoms with Crippen molar-refractivity contribution >= 4 is 51.7 Å². The molecule has 10 heteroatoms. The fourth-order valence-corrected chi connectivity index (χ4v) is 3.93. The van der Waals surface area contributed by atoms with Crippen molar-refractivity contribution in [1.82, 2.24) is 24.9 Å². The molecule has 1 amide bonds. The Morgan fingerprint density at radius 1 is 1.39 bits per heavy atom. The summed E-state index contributed by atoms with van der Waals surface area (Å²) in [5.74, 6) is -0.0410. The first-order chi connectivity index (χ1) is 13.6. The number of halogens is 1. The second-order valence-electron chi connectivity index (χ2n) is 6.50. The van der Waals surface area contributed by atoms with Gasteiger partial charge in [-0.2, -0.15) is 14.0 Å². The van der Waals surface area contributed by atoms with E-state index in [1.165, 1.54) is 24.0 Å². The molecule has 28 heavy (non-hydrogen) atoms. The lowest BCUT2D eigenvalue weighted by atomic mass is 10.2. The molecule has 0 aromatic carbocycles. The Morgan fingerprint density at radius 3 is 2.96 bits per heavy atom. The minimum atomic E-state index is -0.570. The molecule has 2 fully saturated rings. The molecule has 2 N–H and O–H groups in total. The number of carbonyl (C=O) groups is 1. The van der Waals surface area contributed by atoms with Crippen molar-refractivity contribution in [2.45, 2.75) is 18.9 Å². The van der Waals surface area contributed by atoms with Gasteiger partial charge >= 0.3 is 0 Å². The van der Waals surface area contributed by atoms with E-state index in [1.54, 1.807) is 22.9 Å². The number of anilines is 1. The van der Waals surface area contributed by atoms with Crippen molar-refractivity contribution in [3.05, 3.63) is 47.0 Å². The number of fused-ring (bicyclic) bond motifs is 1. The number of amides is 1. The molecule has 0 unspecified atom stereocenters. The van der Waals surface area contributed by atoms with Crippen LogP contribution >= 0.6 is 24.0 Å². The highest BCUT2D eigenvalue weighted by atomic mass is 32.2. The van der Waals surface area contributed by atoms with Gasteiger partial charge in [0.25, 0.3) is 5.91 Å². The maximum atomic E-state index is 13.6. The average Bonchev–Trinajstić information content (AvgIpc) is 3.30. The van der Waals surface area contributed by atoms with Crippen LogP contribution in [0.15, 0.2) is 35.5 Å². The van der Waals surface area contributed by atoms with Gasteiger partial charge in [0, 0.05) is 35.5 Å². The quantitative estimate of drug-likeness (QED) is 0.387. The molecule has 140 valence electrons.